The normalized spacial score (nSPS) is 13.5. The number of halogens is 2. The van der Waals surface area contributed by atoms with E-state index in [0.717, 1.165) is 0 Å². The summed E-state index contributed by atoms with van der Waals surface area (Å²) in [4.78, 5) is 16.5. The van der Waals surface area contributed by atoms with Crippen LogP contribution in [0.2, 0.25) is 10.0 Å². The van der Waals surface area contributed by atoms with Crippen LogP contribution in [0, 0.1) is 0 Å². The topological polar surface area (TPSA) is 88.7 Å². The summed E-state index contributed by atoms with van der Waals surface area (Å²) in [6.07, 6.45) is 2.08. The first-order valence-corrected chi connectivity index (χ1v) is 8.34. The summed E-state index contributed by atoms with van der Waals surface area (Å²) in [6, 6.07) is 6.68. The molecular weight excluding hydrogens is 379 g/mol. The lowest BCUT2D eigenvalue weighted by Gasteiger charge is -2.08. The first kappa shape index (κ1) is 20.0. The van der Waals surface area contributed by atoms with E-state index in [9.17, 15) is 9.90 Å². The number of hydrogen-bond donors (Lipinski definition) is 2. The Hall–Kier alpha value is -2.35. The minimum atomic E-state index is -1.05. The number of oxime groups is 1. The van der Waals surface area contributed by atoms with Crippen molar-refractivity contribution < 1.29 is 14.7 Å². The second-order valence-corrected chi connectivity index (χ2v) is 6.12. The number of amides is 1. The molecule has 0 bridgehead atoms. The number of benzene rings is 1. The van der Waals surface area contributed by atoms with Gasteiger partial charge in [-0.3, -0.25) is 4.79 Å². The molecule has 0 fully saturated rings. The van der Waals surface area contributed by atoms with Crippen LogP contribution in [-0.4, -0.2) is 40.7 Å². The maximum Gasteiger partial charge on any atom is 0.273 e. The smallest absolute Gasteiger partial charge is 0.273 e. The molecule has 1 unspecified atom stereocenters. The highest BCUT2D eigenvalue weighted by Crippen LogP contribution is 2.25. The summed E-state index contributed by atoms with van der Waals surface area (Å²) >= 11 is 12.1. The Bertz CT molecular complexity index is 861. The number of aliphatic hydroxyl groups excluding tert-OH is 1. The van der Waals surface area contributed by atoms with Gasteiger partial charge in [0.2, 0.25) is 0 Å². The zero-order valence-corrected chi connectivity index (χ0v) is 15.9. The minimum absolute atomic E-state index is 0.0641. The molecule has 0 aliphatic rings. The lowest BCUT2D eigenvalue weighted by molar-refractivity contribution is -0.114. The van der Waals surface area contributed by atoms with Crippen LogP contribution in [0.1, 0.15) is 18.7 Å². The maximum atomic E-state index is 11.8. The zero-order chi connectivity index (χ0) is 19.3. The van der Waals surface area contributed by atoms with Crippen LogP contribution < -0.4 is 5.32 Å². The SMILES string of the molecule is CNC(=O)/C(=N/OC)C(C)=CC(O)c1ccn(-c2ccc(Cl)cc2Cl)n1. The monoisotopic (exact) mass is 396 g/mol. The van der Waals surface area contributed by atoms with E-state index >= 15 is 0 Å². The van der Waals surface area contributed by atoms with E-state index < -0.39 is 12.0 Å². The number of carbonyl (C=O) groups excluding carboxylic acids is 1. The fourth-order valence-corrected chi connectivity index (χ4v) is 2.70. The highest BCUT2D eigenvalue weighted by Gasteiger charge is 2.16. The third-order valence-electron chi connectivity index (χ3n) is 3.48. The van der Waals surface area contributed by atoms with Gasteiger partial charge in [-0.25, -0.2) is 4.68 Å². The molecule has 138 valence electrons. The Morgan fingerprint density at radius 1 is 1.42 bits per heavy atom. The van der Waals surface area contributed by atoms with Gasteiger partial charge in [0.05, 0.1) is 16.4 Å². The summed E-state index contributed by atoms with van der Waals surface area (Å²) < 4.78 is 1.53. The van der Waals surface area contributed by atoms with Gasteiger partial charge in [0, 0.05) is 18.3 Å². The van der Waals surface area contributed by atoms with E-state index in [1.54, 1.807) is 37.4 Å². The van der Waals surface area contributed by atoms with Crippen molar-refractivity contribution in [3.63, 3.8) is 0 Å². The number of hydrogen-bond acceptors (Lipinski definition) is 5. The van der Waals surface area contributed by atoms with Crippen LogP contribution in [0.5, 0.6) is 0 Å². The first-order valence-electron chi connectivity index (χ1n) is 7.58. The number of aromatic nitrogens is 2. The Morgan fingerprint density at radius 2 is 2.15 bits per heavy atom. The number of aliphatic hydroxyl groups is 1. The average molecular weight is 397 g/mol. The Morgan fingerprint density at radius 3 is 2.77 bits per heavy atom. The van der Waals surface area contributed by atoms with Gasteiger partial charge in [-0.2, -0.15) is 5.10 Å². The largest absolute Gasteiger partial charge is 0.398 e. The van der Waals surface area contributed by atoms with Gasteiger partial charge >= 0.3 is 0 Å². The molecule has 1 amide bonds. The van der Waals surface area contributed by atoms with Crippen molar-refractivity contribution in [3.05, 3.63) is 57.9 Å². The summed E-state index contributed by atoms with van der Waals surface area (Å²) in [5, 5.41) is 21.8. The van der Waals surface area contributed by atoms with Gasteiger partial charge in [-0.15, -0.1) is 0 Å². The molecule has 26 heavy (non-hydrogen) atoms. The molecule has 0 saturated carbocycles. The molecular formula is C17H18Cl2N4O3. The molecule has 1 aromatic heterocycles. The van der Waals surface area contributed by atoms with Crippen LogP contribution in [0.25, 0.3) is 5.69 Å². The molecule has 9 heteroatoms. The molecule has 2 N–H and O–H groups in total. The predicted octanol–water partition coefficient (Wildman–Crippen LogP) is 2.91. The van der Waals surface area contributed by atoms with Crippen molar-refractivity contribution >= 4 is 34.8 Å². The summed E-state index contributed by atoms with van der Waals surface area (Å²) in [7, 11) is 2.82. The first-order chi connectivity index (χ1) is 12.4. The Labute approximate surface area is 160 Å². The maximum absolute atomic E-state index is 11.8. The second-order valence-electron chi connectivity index (χ2n) is 5.28. The van der Waals surface area contributed by atoms with Gasteiger partial charge in [0.25, 0.3) is 5.91 Å². The predicted molar refractivity (Wildman–Crippen MR) is 101 cm³/mol. The number of nitrogens with one attached hydrogen (secondary N) is 1. The van der Waals surface area contributed by atoms with Crippen molar-refractivity contribution in [2.45, 2.75) is 13.0 Å². The van der Waals surface area contributed by atoms with Crippen LogP contribution in [-0.2, 0) is 9.63 Å². The fraction of sp³-hybridized carbons (Fsp3) is 0.235. The number of rotatable bonds is 6. The van der Waals surface area contributed by atoms with Gasteiger partial charge in [0.1, 0.15) is 13.2 Å². The summed E-state index contributed by atoms with van der Waals surface area (Å²) in [5.74, 6) is -0.425. The molecule has 0 spiro atoms. The zero-order valence-electron chi connectivity index (χ0n) is 14.4. The highest BCUT2D eigenvalue weighted by atomic mass is 35.5. The molecule has 0 aliphatic carbocycles. The van der Waals surface area contributed by atoms with E-state index in [1.807, 2.05) is 0 Å². The van der Waals surface area contributed by atoms with Crippen molar-refractivity contribution in [1.29, 1.82) is 0 Å². The van der Waals surface area contributed by atoms with Gasteiger partial charge in [-0.1, -0.05) is 28.4 Å². The minimum Gasteiger partial charge on any atom is -0.398 e. The summed E-state index contributed by atoms with van der Waals surface area (Å²) in [6.45, 7) is 1.64. The van der Waals surface area contributed by atoms with Crippen molar-refractivity contribution in [3.8, 4) is 5.69 Å². The van der Waals surface area contributed by atoms with E-state index in [-0.39, 0.29) is 5.71 Å². The second kappa shape index (κ2) is 8.84. The molecule has 7 nitrogen and oxygen atoms in total. The standard InChI is InChI=1S/C17H18Cl2N4O3/c1-10(16(22-26-3)17(25)20-2)8-15(24)13-6-7-23(21-13)14-5-4-11(18)9-12(14)19/h4-9,15,24H,1-3H3,(H,20,25)/b10-8?,22-16+. The molecule has 1 aromatic carbocycles. The lowest BCUT2D eigenvalue weighted by Crippen LogP contribution is -2.28. The van der Waals surface area contributed by atoms with Crippen molar-refractivity contribution in [2.24, 2.45) is 5.16 Å². The van der Waals surface area contributed by atoms with Crippen LogP contribution in [0.15, 0.2) is 47.3 Å². The molecule has 2 aromatic rings. The van der Waals surface area contributed by atoms with Crippen LogP contribution >= 0.6 is 23.2 Å². The van der Waals surface area contributed by atoms with E-state index in [1.165, 1.54) is 24.9 Å². The van der Waals surface area contributed by atoms with E-state index in [4.69, 9.17) is 23.2 Å². The number of carbonyl (C=O) groups is 1. The molecule has 2 rings (SSSR count). The third-order valence-corrected chi connectivity index (χ3v) is 4.01. The average Bonchev–Trinajstić information content (AvgIpc) is 3.08. The van der Waals surface area contributed by atoms with Crippen molar-refractivity contribution in [2.75, 3.05) is 14.2 Å². The molecule has 0 radical (unpaired) electrons. The fourth-order valence-electron chi connectivity index (χ4n) is 2.20. The van der Waals surface area contributed by atoms with Crippen molar-refractivity contribution in [1.82, 2.24) is 15.1 Å². The van der Waals surface area contributed by atoms with E-state index in [2.05, 4.69) is 20.4 Å². The molecule has 0 aliphatic heterocycles. The Kier molecular flexibility index (Phi) is 6.79. The lowest BCUT2D eigenvalue weighted by atomic mass is 10.1. The van der Waals surface area contributed by atoms with Crippen LogP contribution in [0.4, 0.5) is 0 Å². The Balaban J connectivity index is 2.28. The molecule has 1 heterocycles. The third kappa shape index (κ3) is 4.63. The molecule has 0 saturated heterocycles. The number of nitrogens with zero attached hydrogens (tertiary/aromatic N) is 3. The van der Waals surface area contributed by atoms with Crippen LogP contribution in [0.3, 0.4) is 0 Å². The van der Waals surface area contributed by atoms with Gasteiger partial charge in [-0.05, 0) is 42.8 Å². The van der Waals surface area contributed by atoms with Gasteiger partial charge < -0.3 is 15.3 Å². The highest BCUT2D eigenvalue weighted by molar-refractivity contribution is 6.45. The molecule has 1 atom stereocenters. The van der Waals surface area contributed by atoms with Gasteiger partial charge in [0.15, 0.2) is 5.71 Å². The summed E-state index contributed by atoms with van der Waals surface area (Å²) in [5.41, 5.74) is 1.51. The quantitative estimate of drug-likeness (QED) is 0.580. The van der Waals surface area contributed by atoms with E-state index in [0.29, 0.717) is 27.0 Å².